The summed E-state index contributed by atoms with van der Waals surface area (Å²) < 4.78 is 5.93. The fourth-order valence-corrected chi connectivity index (χ4v) is 3.05. The highest BCUT2D eigenvalue weighted by atomic mass is 35.5. The van der Waals surface area contributed by atoms with Crippen LogP contribution in [0.25, 0.3) is 0 Å². The molecular weight excluding hydrogens is 326 g/mol. The third kappa shape index (κ3) is 3.89. The molecule has 0 spiro atoms. The van der Waals surface area contributed by atoms with Crippen LogP contribution in [0.15, 0.2) is 54.6 Å². The van der Waals surface area contributed by atoms with E-state index in [1.54, 1.807) is 23.1 Å². The van der Waals surface area contributed by atoms with Crippen molar-refractivity contribution < 1.29 is 14.6 Å². The minimum atomic E-state index is -1.10. The van der Waals surface area contributed by atoms with Gasteiger partial charge in [-0.15, -0.1) is 0 Å². The summed E-state index contributed by atoms with van der Waals surface area (Å²) in [5, 5.41) is 10.8. The Bertz CT molecular complexity index is 684. The molecule has 1 heterocycles. The number of halogens is 1. The largest absolute Gasteiger partial charge is 0.489 e. The minimum Gasteiger partial charge on any atom is -0.489 e. The molecule has 1 fully saturated rings. The molecule has 2 aromatic rings. The zero-order valence-electron chi connectivity index (χ0n) is 13.3. The average molecular weight is 346 g/mol. The van der Waals surface area contributed by atoms with Crippen molar-refractivity contribution >= 4 is 17.5 Å². The van der Waals surface area contributed by atoms with Gasteiger partial charge in [0.25, 0.3) is 5.91 Å². The van der Waals surface area contributed by atoms with Crippen LogP contribution in [0.5, 0.6) is 5.75 Å². The fraction of sp³-hybridized carbons (Fsp3) is 0.316. The van der Waals surface area contributed by atoms with Crippen LogP contribution >= 0.6 is 11.6 Å². The van der Waals surface area contributed by atoms with E-state index in [2.05, 4.69) is 0 Å². The Morgan fingerprint density at radius 2 is 1.71 bits per heavy atom. The van der Waals surface area contributed by atoms with Crippen LogP contribution in [-0.2, 0) is 4.79 Å². The summed E-state index contributed by atoms with van der Waals surface area (Å²) in [6, 6.07) is 16.4. The number of carbonyl (C=O) groups is 1. The number of carbonyl (C=O) groups excluding carboxylic acids is 1. The fourth-order valence-electron chi connectivity index (χ4n) is 2.86. The maximum absolute atomic E-state index is 12.4. The molecule has 0 radical (unpaired) electrons. The second-order valence-corrected chi connectivity index (χ2v) is 6.29. The zero-order valence-corrected chi connectivity index (χ0v) is 14.0. The van der Waals surface area contributed by atoms with Crippen molar-refractivity contribution in [3.8, 4) is 5.75 Å². The van der Waals surface area contributed by atoms with Crippen molar-refractivity contribution in [2.24, 2.45) is 0 Å². The van der Waals surface area contributed by atoms with Crippen molar-refractivity contribution in [3.05, 3.63) is 65.2 Å². The lowest BCUT2D eigenvalue weighted by Gasteiger charge is -2.33. The van der Waals surface area contributed by atoms with Crippen LogP contribution in [0.3, 0.4) is 0 Å². The smallest absolute Gasteiger partial charge is 0.256 e. The van der Waals surface area contributed by atoms with Gasteiger partial charge in [0.2, 0.25) is 0 Å². The van der Waals surface area contributed by atoms with E-state index in [9.17, 15) is 9.90 Å². The van der Waals surface area contributed by atoms with Crippen molar-refractivity contribution in [3.63, 3.8) is 0 Å². The summed E-state index contributed by atoms with van der Waals surface area (Å²) in [4.78, 5) is 14.1. The molecule has 0 bridgehead atoms. The van der Waals surface area contributed by atoms with E-state index in [0.29, 0.717) is 29.4 Å². The Kier molecular flexibility index (Phi) is 5.38. The van der Waals surface area contributed by atoms with Crippen LogP contribution in [-0.4, -0.2) is 35.1 Å². The number of ether oxygens (including phenoxy) is 1. The van der Waals surface area contributed by atoms with Gasteiger partial charge in [0.15, 0.2) is 6.10 Å². The molecular formula is C19H20ClNO3. The van der Waals surface area contributed by atoms with Crippen LogP contribution in [0.4, 0.5) is 0 Å². The van der Waals surface area contributed by atoms with Gasteiger partial charge in [-0.2, -0.15) is 0 Å². The SMILES string of the molecule is O=C([C@H](O)c1ccccc1)N1CCC(Oc2ccccc2Cl)CC1. The van der Waals surface area contributed by atoms with E-state index in [4.69, 9.17) is 16.3 Å². The van der Waals surface area contributed by atoms with Gasteiger partial charge in [-0.05, 0) is 17.7 Å². The normalized spacial score (nSPS) is 16.7. The van der Waals surface area contributed by atoms with E-state index < -0.39 is 6.10 Å². The molecule has 24 heavy (non-hydrogen) atoms. The molecule has 4 nitrogen and oxygen atoms in total. The molecule has 1 atom stereocenters. The maximum atomic E-state index is 12.4. The summed E-state index contributed by atoms with van der Waals surface area (Å²) in [5.74, 6) is 0.422. The first-order valence-electron chi connectivity index (χ1n) is 8.08. The molecule has 1 amide bonds. The molecule has 1 saturated heterocycles. The van der Waals surface area contributed by atoms with E-state index in [1.165, 1.54) is 0 Å². The first-order valence-corrected chi connectivity index (χ1v) is 8.46. The number of hydrogen-bond donors (Lipinski definition) is 1. The van der Waals surface area contributed by atoms with Gasteiger partial charge < -0.3 is 14.7 Å². The highest BCUT2D eigenvalue weighted by Crippen LogP contribution is 2.27. The van der Waals surface area contributed by atoms with Crippen molar-refractivity contribution in [1.29, 1.82) is 0 Å². The number of rotatable bonds is 4. The number of para-hydroxylation sites is 1. The number of piperidine rings is 1. The standard InChI is InChI=1S/C19H20ClNO3/c20-16-8-4-5-9-17(16)24-15-10-12-21(13-11-15)19(23)18(22)14-6-2-1-3-7-14/h1-9,15,18,22H,10-13H2/t18-/m1/s1. The minimum absolute atomic E-state index is 0.0304. The van der Waals surface area contributed by atoms with Gasteiger partial charge in [0, 0.05) is 25.9 Å². The van der Waals surface area contributed by atoms with Gasteiger partial charge in [-0.3, -0.25) is 4.79 Å². The lowest BCUT2D eigenvalue weighted by atomic mass is 10.0. The number of nitrogens with zero attached hydrogens (tertiary/aromatic N) is 1. The number of aliphatic hydroxyl groups excluding tert-OH is 1. The molecule has 1 aliphatic heterocycles. The Morgan fingerprint density at radius 3 is 2.38 bits per heavy atom. The molecule has 2 aromatic carbocycles. The second kappa shape index (κ2) is 7.69. The molecule has 0 aliphatic carbocycles. The molecule has 1 aliphatic rings. The van der Waals surface area contributed by atoms with Gasteiger partial charge >= 0.3 is 0 Å². The Hall–Kier alpha value is -2.04. The molecule has 0 unspecified atom stereocenters. The van der Waals surface area contributed by atoms with Crippen molar-refractivity contribution in [1.82, 2.24) is 4.90 Å². The summed E-state index contributed by atoms with van der Waals surface area (Å²) in [6.45, 7) is 1.13. The Morgan fingerprint density at radius 1 is 1.08 bits per heavy atom. The number of benzene rings is 2. The average Bonchev–Trinajstić information content (AvgIpc) is 2.64. The summed E-state index contributed by atoms with van der Waals surface area (Å²) >= 11 is 6.11. The number of hydrogen-bond acceptors (Lipinski definition) is 3. The zero-order chi connectivity index (χ0) is 16.9. The predicted molar refractivity (Wildman–Crippen MR) is 93.1 cm³/mol. The third-order valence-corrected chi connectivity index (χ3v) is 4.55. The van der Waals surface area contributed by atoms with Crippen LogP contribution in [0.2, 0.25) is 5.02 Å². The molecule has 0 saturated carbocycles. The third-order valence-electron chi connectivity index (χ3n) is 4.23. The van der Waals surface area contributed by atoms with Gasteiger partial charge in [-0.25, -0.2) is 0 Å². The molecule has 1 N–H and O–H groups in total. The highest BCUT2D eigenvalue weighted by molar-refractivity contribution is 6.32. The quantitative estimate of drug-likeness (QED) is 0.923. The first kappa shape index (κ1) is 16.8. The van der Waals surface area contributed by atoms with Crippen LogP contribution in [0, 0.1) is 0 Å². The van der Waals surface area contributed by atoms with Crippen molar-refractivity contribution in [2.75, 3.05) is 13.1 Å². The Labute approximate surface area is 146 Å². The number of amides is 1. The monoisotopic (exact) mass is 345 g/mol. The van der Waals surface area contributed by atoms with E-state index in [1.807, 2.05) is 36.4 Å². The molecule has 126 valence electrons. The first-order chi connectivity index (χ1) is 11.6. The lowest BCUT2D eigenvalue weighted by molar-refractivity contribution is -0.142. The molecule has 3 rings (SSSR count). The molecule has 5 heteroatoms. The lowest BCUT2D eigenvalue weighted by Crippen LogP contribution is -2.43. The summed E-state index contributed by atoms with van der Waals surface area (Å²) in [7, 11) is 0. The highest BCUT2D eigenvalue weighted by Gasteiger charge is 2.28. The van der Waals surface area contributed by atoms with E-state index in [0.717, 1.165) is 12.8 Å². The summed E-state index contributed by atoms with van der Waals surface area (Å²) in [6.07, 6.45) is 0.367. The van der Waals surface area contributed by atoms with Gasteiger partial charge in [-0.1, -0.05) is 54.1 Å². The topological polar surface area (TPSA) is 49.8 Å². The van der Waals surface area contributed by atoms with Gasteiger partial charge in [0.05, 0.1) is 5.02 Å². The van der Waals surface area contributed by atoms with E-state index in [-0.39, 0.29) is 12.0 Å². The second-order valence-electron chi connectivity index (χ2n) is 5.89. The Balaban J connectivity index is 1.55. The molecule has 0 aromatic heterocycles. The predicted octanol–water partition coefficient (Wildman–Crippen LogP) is 3.44. The van der Waals surface area contributed by atoms with Crippen LogP contribution < -0.4 is 4.74 Å². The maximum Gasteiger partial charge on any atom is 0.256 e. The summed E-state index contributed by atoms with van der Waals surface area (Å²) in [5.41, 5.74) is 0.622. The van der Waals surface area contributed by atoms with Crippen LogP contribution in [0.1, 0.15) is 24.5 Å². The van der Waals surface area contributed by atoms with E-state index >= 15 is 0 Å². The number of likely N-dealkylation sites (tertiary alicyclic amines) is 1. The number of aliphatic hydroxyl groups is 1. The van der Waals surface area contributed by atoms with Gasteiger partial charge in [0.1, 0.15) is 11.9 Å². The van der Waals surface area contributed by atoms with Crippen molar-refractivity contribution in [2.45, 2.75) is 25.0 Å².